The molecule has 0 spiro atoms. The summed E-state index contributed by atoms with van der Waals surface area (Å²) in [6.07, 6.45) is 0. The van der Waals surface area contributed by atoms with Gasteiger partial charge in [0.05, 0.1) is 5.02 Å². The van der Waals surface area contributed by atoms with E-state index in [2.05, 4.69) is 22.0 Å². The van der Waals surface area contributed by atoms with E-state index in [1.54, 1.807) is 11.3 Å². The molecule has 0 saturated heterocycles. The third kappa shape index (κ3) is 1.73. The summed E-state index contributed by atoms with van der Waals surface area (Å²) in [4.78, 5) is 0. The summed E-state index contributed by atoms with van der Waals surface area (Å²) in [6.45, 7) is 0. The second kappa shape index (κ2) is 3.77. The average Bonchev–Trinajstić information content (AvgIpc) is 2.47. The highest BCUT2D eigenvalue weighted by Crippen LogP contribution is 2.34. The zero-order valence-corrected chi connectivity index (χ0v) is 10.4. The lowest BCUT2D eigenvalue weighted by atomic mass is 10.2. The number of halogens is 3. The van der Waals surface area contributed by atoms with E-state index in [0.29, 0.717) is 0 Å². The lowest BCUT2D eigenvalue weighted by molar-refractivity contribution is 1.47. The van der Waals surface area contributed by atoms with Crippen molar-refractivity contribution < 1.29 is 0 Å². The van der Waals surface area contributed by atoms with Gasteiger partial charge in [-0.05, 0) is 17.7 Å². The number of alkyl halides is 1. The van der Waals surface area contributed by atoms with Crippen molar-refractivity contribution in [3.63, 3.8) is 0 Å². The standard InChI is InChI=1S/C9H5BrCl2S/c10-3-5-1-9-6(2-7(5)11)8(12)4-13-9/h1-2,4H,3H2. The summed E-state index contributed by atoms with van der Waals surface area (Å²) in [5.74, 6) is 0. The Morgan fingerprint density at radius 1 is 1.23 bits per heavy atom. The minimum atomic E-state index is 0.768. The third-order valence-electron chi connectivity index (χ3n) is 1.84. The molecule has 0 unspecified atom stereocenters. The van der Waals surface area contributed by atoms with E-state index < -0.39 is 0 Å². The first kappa shape index (κ1) is 9.78. The molecule has 0 amide bonds. The van der Waals surface area contributed by atoms with Crippen molar-refractivity contribution >= 4 is 60.6 Å². The number of thiophene rings is 1. The summed E-state index contributed by atoms with van der Waals surface area (Å²) in [6, 6.07) is 4.00. The molecule has 1 aromatic carbocycles. The largest absolute Gasteiger partial charge is 0.142 e. The molecule has 2 rings (SSSR count). The Labute approximate surface area is 98.6 Å². The maximum absolute atomic E-state index is 6.05. The van der Waals surface area contributed by atoms with Crippen molar-refractivity contribution in [3.8, 4) is 0 Å². The molecule has 0 saturated carbocycles. The normalized spacial score (nSPS) is 11.0. The van der Waals surface area contributed by atoms with Crippen LogP contribution >= 0.6 is 50.5 Å². The fourth-order valence-electron chi connectivity index (χ4n) is 1.16. The second-order valence-corrected chi connectivity index (χ2v) is 4.94. The van der Waals surface area contributed by atoms with Crippen molar-refractivity contribution in [3.05, 3.63) is 33.1 Å². The minimum Gasteiger partial charge on any atom is -0.142 e. The quantitative estimate of drug-likeness (QED) is 0.642. The fourth-order valence-corrected chi connectivity index (χ4v) is 3.23. The summed E-state index contributed by atoms with van der Waals surface area (Å²) in [5, 5.41) is 5.30. The van der Waals surface area contributed by atoms with Gasteiger partial charge in [0.15, 0.2) is 0 Å². The molecule has 0 N–H and O–H groups in total. The molecule has 0 bridgehead atoms. The highest BCUT2D eigenvalue weighted by molar-refractivity contribution is 9.08. The number of benzene rings is 1. The van der Waals surface area contributed by atoms with E-state index in [1.807, 2.05) is 11.4 Å². The fraction of sp³-hybridized carbons (Fsp3) is 0.111. The molecule has 0 aliphatic rings. The zero-order valence-electron chi connectivity index (χ0n) is 6.48. The van der Waals surface area contributed by atoms with E-state index in [1.165, 1.54) is 4.70 Å². The van der Waals surface area contributed by atoms with Gasteiger partial charge in [0, 0.05) is 25.8 Å². The van der Waals surface area contributed by atoms with Crippen LogP contribution in [0.1, 0.15) is 5.56 Å². The first-order valence-electron chi connectivity index (χ1n) is 3.63. The Hall–Kier alpha value is 0.240. The Morgan fingerprint density at radius 3 is 2.69 bits per heavy atom. The molecule has 0 fully saturated rings. The van der Waals surface area contributed by atoms with Crippen molar-refractivity contribution in [2.45, 2.75) is 5.33 Å². The van der Waals surface area contributed by atoms with Crippen LogP contribution in [0, 0.1) is 0 Å². The molecular formula is C9H5BrCl2S. The predicted octanol–water partition coefficient (Wildman–Crippen LogP) is 5.10. The van der Waals surface area contributed by atoms with Crippen LogP contribution in [0.4, 0.5) is 0 Å². The van der Waals surface area contributed by atoms with E-state index in [0.717, 1.165) is 26.3 Å². The van der Waals surface area contributed by atoms with Gasteiger partial charge in [-0.2, -0.15) is 0 Å². The Bertz CT molecular complexity index is 450. The average molecular weight is 296 g/mol. The Balaban J connectivity index is 2.76. The molecule has 0 atom stereocenters. The topological polar surface area (TPSA) is 0 Å². The molecule has 1 aromatic heterocycles. The van der Waals surface area contributed by atoms with Crippen molar-refractivity contribution in [2.75, 3.05) is 0 Å². The molecular weight excluding hydrogens is 291 g/mol. The molecule has 0 aliphatic heterocycles. The summed E-state index contributed by atoms with van der Waals surface area (Å²) in [7, 11) is 0. The Morgan fingerprint density at radius 2 is 2.00 bits per heavy atom. The van der Waals surface area contributed by atoms with Crippen LogP contribution in [0.25, 0.3) is 10.1 Å². The minimum absolute atomic E-state index is 0.768. The van der Waals surface area contributed by atoms with Gasteiger partial charge in [-0.3, -0.25) is 0 Å². The second-order valence-electron chi connectivity index (χ2n) is 2.66. The van der Waals surface area contributed by atoms with E-state index in [4.69, 9.17) is 23.2 Å². The SMILES string of the molecule is Clc1cc2c(Cl)csc2cc1CBr. The van der Waals surface area contributed by atoms with Crippen LogP contribution in [-0.2, 0) is 5.33 Å². The zero-order chi connectivity index (χ0) is 9.42. The van der Waals surface area contributed by atoms with Crippen LogP contribution in [0.2, 0.25) is 10.0 Å². The van der Waals surface area contributed by atoms with Crippen molar-refractivity contribution in [2.24, 2.45) is 0 Å². The van der Waals surface area contributed by atoms with Crippen LogP contribution in [0.3, 0.4) is 0 Å². The maximum atomic E-state index is 6.05. The molecule has 1 heterocycles. The van der Waals surface area contributed by atoms with Crippen LogP contribution < -0.4 is 0 Å². The lowest BCUT2D eigenvalue weighted by Crippen LogP contribution is -1.78. The van der Waals surface area contributed by atoms with Crippen molar-refractivity contribution in [1.82, 2.24) is 0 Å². The predicted molar refractivity (Wildman–Crippen MR) is 64.5 cm³/mol. The summed E-state index contributed by atoms with van der Waals surface area (Å²) >= 11 is 17.1. The number of hydrogen-bond acceptors (Lipinski definition) is 1. The van der Waals surface area contributed by atoms with Gasteiger partial charge >= 0.3 is 0 Å². The lowest BCUT2D eigenvalue weighted by Gasteiger charge is -1.99. The molecule has 2 aromatic rings. The number of fused-ring (bicyclic) bond motifs is 1. The highest BCUT2D eigenvalue weighted by Gasteiger charge is 2.06. The van der Waals surface area contributed by atoms with E-state index in [9.17, 15) is 0 Å². The number of hydrogen-bond donors (Lipinski definition) is 0. The first-order valence-corrected chi connectivity index (χ1v) is 6.39. The molecule has 13 heavy (non-hydrogen) atoms. The van der Waals surface area contributed by atoms with Gasteiger partial charge in [0.2, 0.25) is 0 Å². The molecule has 0 radical (unpaired) electrons. The van der Waals surface area contributed by atoms with Crippen LogP contribution in [-0.4, -0.2) is 0 Å². The van der Waals surface area contributed by atoms with Crippen LogP contribution in [0.15, 0.2) is 17.5 Å². The van der Waals surface area contributed by atoms with Gasteiger partial charge in [-0.1, -0.05) is 39.1 Å². The van der Waals surface area contributed by atoms with Crippen LogP contribution in [0.5, 0.6) is 0 Å². The highest BCUT2D eigenvalue weighted by atomic mass is 79.9. The van der Waals surface area contributed by atoms with E-state index >= 15 is 0 Å². The van der Waals surface area contributed by atoms with E-state index in [-0.39, 0.29) is 0 Å². The number of rotatable bonds is 1. The molecule has 0 nitrogen and oxygen atoms in total. The van der Waals surface area contributed by atoms with Gasteiger partial charge in [-0.25, -0.2) is 0 Å². The molecule has 4 heteroatoms. The van der Waals surface area contributed by atoms with Gasteiger partial charge in [-0.15, -0.1) is 11.3 Å². The molecule has 0 aliphatic carbocycles. The summed E-state index contributed by atoms with van der Waals surface area (Å²) in [5.41, 5.74) is 1.10. The van der Waals surface area contributed by atoms with Gasteiger partial charge in [0.1, 0.15) is 0 Å². The third-order valence-corrected chi connectivity index (χ3v) is 4.18. The summed E-state index contributed by atoms with van der Waals surface area (Å²) < 4.78 is 1.18. The van der Waals surface area contributed by atoms with Crippen molar-refractivity contribution in [1.29, 1.82) is 0 Å². The van der Waals surface area contributed by atoms with Gasteiger partial charge in [0.25, 0.3) is 0 Å². The first-order chi connectivity index (χ1) is 6.22. The maximum Gasteiger partial charge on any atom is 0.0592 e. The monoisotopic (exact) mass is 294 g/mol. The molecule has 68 valence electrons. The van der Waals surface area contributed by atoms with Gasteiger partial charge < -0.3 is 0 Å². The Kier molecular flexibility index (Phi) is 2.84. The smallest absolute Gasteiger partial charge is 0.0592 e.